The number of nitrogens with zero attached hydrogens (tertiary/aromatic N) is 1. The first-order valence-electron chi connectivity index (χ1n) is 5.11. The summed E-state index contributed by atoms with van der Waals surface area (Å²) in [5, 5.41) is 20.4. The van der Waals surface area contributed by atoms with Crippen LogP contribution in [0, 0.1) is 11.3 Å². The van der Waals surface area contributed by atoms with Crippen molar-refractivity contribution in [3.8, 4) is 11.8 Å². The number of nitrogens with one attached hydrogen (secondary N) is 1. The second kappa shape index (κ2) is 5.87. The monoisotopic (exact) mass is 234 g/mol. The molecule has 90 valence electrons. The van der Waals surface area contributed by atoms with E-state index in [-0.39, 0.29) is 0 Å². The number of hydrogen-bond donors (Lipinski definition) is 2. The first kappa shape index (κ1) is 13.0. The highest BCUT2D eigenvalue weighted by atomic mass is 16.5. The molecule has 0 saturated heterocycles. The van der Waals surface area contributed by atoms with Crippen molar-refractivity contribution in [1.29, 1.82) is 5.26 Å². The zero-order valence-electron chi connectivity index (χ0n) is 9.73. The van der Waals surface area contributed by atoms with Crippen LogP contribution in [0.2, 0.25) is 0 Å². The molecule has 0 aliphatic heterocycles. The third-order valence-electron chi connectivity index (χ3n) is 2.37. The Labute approximate surface area is 99.6 Å². The van der Waals surface area contributed by atoms with Gasteiger partial charge in [0, 0.05) is 6.54 Å². The number of ether oxygens (including phenoxy) is 1. The van der Waals surface area contributed by atoms with E-state index in [2.05, 4.69) is 5.32 Å². The number of hydrogen-bond acceptors (Lipinski definition) is 4. The van der Waals surface area contributed by atoms with Gasteiger partial charge in [0.25, 0.3) is 0 Å². The fourth-order valence-corrected chi connectivity index (χ4v) is 1.30. The van der Waals surface area contributed by atoms with Crippen molar-refractivity contribution in [3.05, 3.63) is 29.3 Å². The van der Waals surface area contributed by atoms with Gasteiger partial charge in [-0.25, -0.2) is 0 Å². The minimum Gasteiger partial charge on any atom is -0.495 e. The lowest BCUT2D eigenvalue weighted by Gasteiger charge is -2.10. The summed E-state index contributed by atoms with van der Waals surface area (Å²) < 4.78 is 5.06. The SMILES string of the molecule is COc1cc(CNC(C)C(=O)O)ccc1C#N. The molecule has 1 aromatic carbocycles. The Morgan fingerprint density at radius 2 is 2.35 bits per heavy atom. The fraction of sp³-hybridized carbons (Fsp3) is 0.333. The van der Waals surface area contributed by atoms with Gasteiger partial charge in [0.2, 0.25) is 0 Å². The van der Waals surface area contributed by atoms with Crippen molar-refractivity contribution in [3.63, 3.8) is 0 Å². The second-order valence-corrected chi connectivity index (χ2v) is 3.59. The maximum Gasteiger partial charge on any atom is 0.320 e. The smallest absolute Gasteiger partial charge is 0.320 e. The highest BCUT2D eigenvalue weighted by molar-refractivity contribution is 5.72. The third kappa shape index (κ3) is 3.47. The zero-order chi connectivity index (χ0) is 12.8. The molecular weight excluding hydrogens is 220 g/mol. The van der Waals surface area contributed by atoms with Gasteiger partial charge in [-0.2, -0.15) is 5.26 Å². The average molecular weight is 234 g/mol. The molecule has 5 heteroatoms. The van der Waals surface area contributed by atoms with Crippen molar-refractivity contribution in [2.45, 2.75) is 19.5 Å². The van der Waals surface area contributed by atoms with Gasteiger partial charge in [-0.15, -0.1) is 0 Å². The lowest BCUT2D eigenvalue weighted by atomic mass is 10.1. The third-order valence-corrected chi connectivity index (χ3v) is 2.37. The van der Waals surface area contributed by atoms with Crippen LogP contribution in [0.3, 0.4) is 0 Å². The summed E-state index contributed by atoms with van der Waals surface area (Å²) in [6.07, 6.45) is 0. The Morgan fingerprint density at radius 1 is 1.65 bits per heavy atom. The van der Waals surface area contributed by atoms with Crippen LogP contribution in [0.4, 0.5) is 0 Å². The molecule has 0 radical (unpaired) electrons. The molecule has 1 rings (SSSR count). The van der Waals surface area contributed by atoms with E-state index in [9.17, 15) is 4.79 Å². The Kier molecular flexibility index (Phi) is 4.49. The number of methoxy groups -OCH3 is 1. The minimum atomic E-state index is -0.898. The lowest BCUT2D eigenvalue weighted by Crippen LogP contribution is -2.33. The average Bonchev–Trinajstić information content (AvgIpc) is 2.35. The number of benzene rings is 1. The van der Waals surface area contributed by atoms with Crippen molar-refractivity contribution < 1.29 is 14.6 Å². The number of rotatable bonds is 5. The highest BCUT2D eigenvalue weighted by Crippen LogP contribution is 2.19. The van der Waals surface area contributed by atoms with Gasteiger partial charge in [0.1, 0.15) is 17.9 Å². The number of aliphatic carboxylic acids is 1. The standard InChI is InChI=1S/C12H14N2O3/c1-8(12(15)16)14-7-9-3-4-10(6-13)11(5-9)17-2/h3-5,8,14H,7H2,1-2H3,(H,15,16). The van der Waals surface area contributed by atoms with Crippen LogP contribution in [-0.2, 0) is 11.3 Å². The number of carbonyl (C=O) groups is 1. The minimum absolute atomic E-state index is 0.412. The van der Waals surface area contributed by atoms with E-state index in [0.717, 1.165) is 5.56 Å². The normalized spacial score (nSPS) is 11.6. The molecule has 1 unspecified atom stereocenters. The van der Waals surface area contributed by atoms with Gasteiger partial charge < -0.3 is 15.2 Å². The van der Waals surface area contributed by atoms with Crippen LogP contribution in [0.25, 0.3) is 0 Å². The molecule has 0 bridgehead atoms. The van der Waals surface area contributed by atoms with Crippen LogP contribution in [0.5, 0.6) is 5.75 Å². The Bertz CT molecular complexity index is 452. The Balaban J connectivity index is 2.74. The molecular formula is C12H14N2O3. The summed E-state index contributed by atoms with van der Waals surface area (Å²) in [5.74, 6) is -0.402. The molecule has 0 fully saturated rings. The van der Waals surface area contributed by atoms with Crippen LogP contribution >= 0.6 is 0 Å². The predicted molar refractivity (Wildman–Crippen MR) is 61.6 cm³/mol. The van der Waals surface area contributed by atoms with E-state index in [1.54, 1.807) is 25.1 Å². The Hall–Kier alpha value is -2.06. The number of carboxylic acid groups (broad SMARTS) is 1. The zero-order valence-corrected chi connectivity index (χ0v) is 9.73. The number of carboxylic acids is 1. The van der Waals surface area contributed by atoms with E-state index in [1.807, 2.05) is 6.07 Å². The van der Waals surface area contributed by atoms with Crippen molar-refractivity contribution in [2.75, 3.05) is 7.11 Å². The molecule has 2 N–H and O–H groups in total. The van der Waals surface area contributed by atoms with E-state index in [1.165, 1.54) is 7.11 Å². The van der Waals surface area contributed by atoms with E-state index in [4.69, 9.17) is 15.1 Å². The van der Waals surface area contributed by atoms with Gasteiger partial charge in [-0.05, 0) is 24.6 Å². The van der Waals surface area contributed by atoms with Gasteiger partial charge in [-0.1, -0.05) is 6.07 Å². The molecule has 1 aromatic rings. The van der Waals surface area contributed by atoms with Crippen LogP contribution < -0.4 is 10.1 Å². The molecule has 0 aromatic heterocycles. The van der Waals surface area contributed by atoms with Crippen molar-refractivity contribution in [2.24, 2.45) is 0 Å². The number of nitriles is 1. The molecule has 1 atom stereocenters. The summed E-state index contributed by atoms with van der Waals surface area (Å²) in [5.41, 5.74) is 1.33. The lowest BCUT2D eigenvalue weighted by molar-refractivity contribution is -0.139. The summed E-state index contributed by atoms with van der Waals surface area (Å²) in [6, 6.07) is 6.55. The van der Waals surface area contributed by atoms with Gasteiger partial charge >= 0.3 is 5.97 Å². The van der Waals surface area contributed by atoms with Crippen LogP contribution in [0.1, 0.15) is 18.1 Å². The largest absolute Gasteiger partial charge is 0.495 e. The van der Waals surface area contributed by atoms with Gasteiger partial charge in [0.15, 0.2) is 0 Å². The van der Waals surface area contributed by atoms with E-state index >= 15 is 0 Å². The summed E-state index contributed by atoms with van der Waals surface area (Å²) in [4.78, 5) is 10.6. The van der Waals surface area contributed by atoms with Crippen LogP contribution in [0.15, 0.2) is 18.2 Å². The van der Waals surface area contributed by atoms with Crippen molar-refractivity contribution >= 4 is 5.97 Å². The molecule has 0 heterocycles. The maximum atomic E-state index is 10.6. The van der Waals surface area contributed by atoms with E-state index in [0.29, 0.717) is 17.9 Å². The quantitative estimate of drug-likeness (QED) is 0.798. The topological polar surface area (TPSA) is 82.3 Å². The molecule has 0 aliphatic rings. The fourth-order valence-electron chi connectivity index (χ4n) is 1.30. The first-order valence-corrected chi connectivity index (χ1v) is 5.11. The van der Waals surface area contributed by atoms with Crippen molar-refractivity contribution in [1.82, 2.24) is 5.32 Å². The maximum absolute atomic E-state index is 10.6. The molecule has 5 nitrogen and oxygen atoms in total. The summed E-state index contributed by atoms with van der Waals surface area (Å²) >= 11 is 0. The Morgan fingerprint density at radius 3 is 2.88 bits per heavy atom. The molecule has 0 amide bonds. The molecule has 0 aliphatic carbocycles. The van der Waals surface area contributed by atoms with Gasteiger partial charge in [-0.3, -0.25) is 4.79 Å². The van der Waals surface area contributed by atoms with E-state index < -0.39 is 12.0 Å². The molecule has 17 heavy (non-hydrogen) atoms. The first-order chi connectivity index (χ1) is 8.08. The predicted octanol–water partition coefficient (Wildman–Crippen LogP) is 1.13. The van der Waals surface area contributed by atoms with Gasteiger partial charge in [0.05, 0.1) is 12.7 Å². The van der Waals surface area contributed by atoms with Crippen LogP contribution in [-0.4, -0.2) is 24.2 Å². The molecule has 0 saturated carbocycles. The molecule has 0 spiro atoms. The second-order valence-electron chi connectivity index (χ2n) is 3.59. The summed E-state index contributed by atoms with van der Waals surface area (Å²) in [7, 11) is 1.49. The summed E-state index contributed by atoms with van der Waals surface area (Å²) in [6.45, 7) is 1.98. The highest BCUT2D eigenvalue weighted by Gasteiger charge is 2.10.